The third-order valence-corrected chi connectivity index (χ3v) is 6.80. The zero-order chi connectivity index (χ0) is 26.9. The summed E-state index contributed by atoms with van der Waals surface area (Å²) in [6.45, 7) is 5.29. The number of hydrogen-bond donors (Lipinski definition) is 3. The lowest BCUT2D eigenvalue weighted by Gasteiger charge is -2.26. The average Bonchev–Trinajstić information content (AvgIpc) is 3.08. The Hall–Kier alpha value is -4.13. The van der Waals surface area contributed by atoms with E-state index in [2.05, 4.69) is 34.1 Å². The summed E-state index contributed by atoms with van der Waals surface area (Å²) in [6, 6.07) is 23.4. The first kappa shape index (κ1) is 26.9. The molecule has 4 rings (SSSR count). The molecule has 1 aliphatic rings. The summed E-state index contributed by atoms with van der Waals surface area (Å²) in [4.78, 5) is 39.5. The molecule has 0 aromatic heterocycles. The minimum absolute atomic E-state index is 0.0846. The summed E-state index contributed by atoms with van der Waals surface area (Å²) in [5.74, 6) is -0.201. The second-order valence-corrected chi connectivity index (χ2v) is 9.53. The maximum Gasteiger partial charge on any atom is 0.315 e. The van der Waals surface area contributed by atoms with Crippen LogP contribution in [0.2, 0.25) is 0 Å². The standard InChI is InChI=1S/C31H36N4O3/c1-3-19-32-31(38)33-20-25-10-5-7-11-26(25)23-15-13-22(14-16-23)21-35-28-12-8-6-9-24(28)17-18-27(30(35)37)34-29(36)4-2/h5-16,27H,3-4,17-21H2,1-2H3,(H,34,36)(H2,32,33,38)/t27-/m1/s1. The first-order chi connectivity index (χ1) is 18.5. The Morgan fingerprint density at radius 1 is 0.921 bits per heavy atom. The molecule has 1 atom stereocenters. The number of benzene rings is 3. The van der Waals surface area contributed by atoms with Crippen molar-refractivity contribution in [2.75, 3.05) is 11.4 Å². The highest BCUT2D eigenvalue weighted by molar-refractivity contribution is 6.00. The molecule has 0 aliphatic carbocycles. The second-order valence-electron chi connectivity index (χ2n) is 9.53. The highest BCUT2D eigenvalue weighted by Crippen LogP contribution is 2.30. The van der Waals surface area contributed by atoms with Crippen LogP contribution in [0.5, 0.6) is 0 Å². The number of carbonyl (C=O) groups excluding carboxylic acids is 3. The molecular weight excluding hydrogens is 476 g/mol. The lowest BCUT2D eigenvalue weighted by atomic mass is 9.98. The number of para-hydroxylation sites is 1. The van der Waals surface area contributed by atoms with Crippen molar-refractivity contribution in [2.24, 2.45) is 0 Å². The van der Waals surface area contributed by atoms with Gasteiger partial charge < -0.3 is 20.9 Å². The zero-order valence-electron chi connectivity index (χ0n) is 22.1. The topological polar surface area (TPSA) is 90.5 Å². The minimum atomic E-state index is -0.539. The van der Waals surface area contributed by atoms with Gasteiger partial charge in [0.25, 0.3) is 0 Å². The van der Waals surface area contributed by atoms with Gasteiger partial charge in [-0.15, -0.1) is 0 Å². The quantitative estimate of drug-likeness (QED) is 0.379. The van der Waals surface area contributed by atoms with Crippen LogP contribution >= 0.6 is 0 Å². The van der Waals surface area contributed by atoms with Crippen molar-refractivity contribution in [1.82, 2.24) is 16.0 Å². The average molecular weight is 513 g/mol. The molecule has 3 aromatic rings. The molecule has 1 heterocycles. The molecule has 0 saturated carbocycles. The van der Waals surface area contributed by atoms with Crippen molar-refractivity contribution in [3.63, 3.8) is 0 Å². The number of amides is 4. The summed E-state index contributed by atoms with van der Waals surface area (Å²) in [7, 11) is 0. The summed E-state index contributed by atoms with van der Waals surface area (Å²) in [6.07, 6.45) is 2.54. The van der Waals surface area contributed by atoms with E-state index in [-0.39, 0.29) is 17.8 Å². The number of hydrogen-bond acceptors (Lipinski definition) is 3. The molecule has 0 unspecified atom stereocenters. The van der Waals surface area contributed by atoms with Crippen molar-refractivity contribution in [3.8, 4) is 11.1 Å². The van der Waals surface area contributed by atoms with Crippen LogP contribution in [-0.4, -0.2) is 30.4 Å². The van der Waals surface area contributed by atoms with Gasteiger partial charge >= 0.3 is 6.03 Å². The van der Waals surface area contributed by atoms with E-state index in [1.165, 1.54) is 0 Å². The molecule has 198 valence electrons. The number of aryl methyl sites for hydroxylation is 1. The molecule has 0 fully saturated rings. The smallest absolute Gasteiger partial charge is 0.315 e. The molecule has 3 aromatic carbocycles. The summed E-state index contributed by atoms with van der Waals surface area (Å²) in [5, 5.41) is 8.67. The summed E-state index contributed by atoms with van der Waals surface area (Å²) >= 11 is 0. The molecule has 4 amide bonds. The van der Waals surface area contributed by atoms with Crippen LogP contribution in [0.1, 0.15) is 49.8 Å². The maximum atomic E-state index is 13.6. The van der Waals surface area contributed by atoms with Gasteiger partial charge in [-0.1, -0.05) is 80.6 Å². The van der Waals surface area contributed by atoms with Gasteiger partial charge in [-0.25, -0.2) is 4.79 Å². The Labute approximate surface area is 224 Å². The van der Waals surface area contributed by atoms with Crippen molar-refractivity contribution < 1.29 is 14.4 Å². The van der Waals surface area contributed by atoms with E-state index in [1.807, 2.05) is 61.5 Å². The van der Waals surface area contributed by atoms with Crippen molar-refractivity contribution in [2.45, 2.75) is 58.7 Å². The van der Waals surface area contributed by atoms with Crippen LogP contribution in [0.4, 0.5) is 10.5 Å². The monoisotopic (exact) mass is 512 g/mol. The van der Waals surface area contributed by atoms with E-state index >= 15 is 0 Å². The van der Waals surface area contributed by atoms with Gasteiger partial charge in [0.1, 0.15) is 6.04 Å². The van der Waals surface area contributed by atoms with Gasteiger partial charge in [0.15, 0.2) is 0 Å². The Morgan fingerprint density at radius 2 is 1.66 bits per heavy atom. The fourth-order valence-corrected chi connectivity index (χ4v) is 4.71. The first-order valence-electron chi connectivity index (χ1n) is 13.4. The van der Waals surface area contributed by atoms with E-state index in [9.17, 15) is 14.4 Å². The van der Waals surface area contributed by atoms with Gasteiger partial charge in [0.2, 0.25) is 11.8 Å². The molecule has 3 N–H and O–H groups in total. The maximum absolute atomic E-state index is 13.6. The number of anilines is 1. The van der Waals surface area contributed by atoms with Gasteiger partial charge in [-0.2, -0.15) is 0 Å². The SMILES string of the molecule is CCCNC(=O)NCc1ccccc1-c1ccc(CN2C(=O)[C@H](NC(=O)CC)CCc3ccccc32)cc1. The predicted molar refractivity (Wildman–Crippen MR) is 151 cm³/mol. The van der Waals surface area contributed by atoms with Crippen LogP contribution in [0, 0.1) is 0 Å². The molecule has 1 aliphatic heterocycles. The van der Waals surface area contributed by atoms with Gasteiger partial charge in [-0.05, 0) is 53.1 Å². The Balaban J connectivity index is 1.53. The Bertz CT molecular complexity index is 1270. The molecule has 7 heteroatoms. The molecular formula is C31H36N4O3. The third-order valence-electron chi connectivity index (χ3n) is 6.80. The van der Waals surface area contributed by atoms with E-state index in [4.69, 9.17) is 0 Å². The fourth-order valence-electron chi connectivity index (χ4n) is 4.71. The van der Waals surface area contributed by atoms with E-state index in [1.54, 1.807) is 11.8 Å². The highest BCUT2D eigenvalue weighted by atomic mass is 16.2. The second kappa shape index (κ2) is 12.9. The molecule has 0 saturated heterocycles. The fraction of sp³-hybridized carbons (Fsp3) is 0.323. The Kier molecular flexibility index (Phi) is 9.14. The number of nitrogens with one attached hydrogen (secondary N) is 3. The minimum Gasteiger partial charge on any atom is -0.344 e. The number of rotatable bonds is 9. The lowest BCUT2D eigenvalue weighted by Crippen LogP contribution is -2.47. The molecule has 0 bridgehead atoms. The van der Waals surface area contributed by atoms with Crippen molar-refractivity contribution >= 4 is 23.5 Å². The van der Waals surface area contributed by atoms with Gasteiger partial charge in [-0.3, -0.25) is 9.59 Å². The van der Waals surface area contributed by atoms with Crippen molar-refractivity contribution in [1.29, 1.82) is 0 Å². The number of carbonyl (C=O) groups is 3. The van der Waals surface area contributed by atoms with E-state index in [0.29, 0.717) is 32.5 Å². The van der Waals surface area contributed by atoms with Gasteiger partial charge in [0.05, 0.1) is 6.54 Å². The van der Waals surface area contributed by atoms with Crippen LogP contribution in [-0.2, 0) is 29.1 Å². The third kappa shape index (κ3) is 6.59. The molecule has 0 radical (unpaired) electrons. The Morgan fingerprint density at radius 3 is 2.42 bits per heavy atom. The van der Waals surface area contributed by atoms with Crippen molar-refractivity contribution in [3.05, 3.63) is 89.5 Å². The van der Waals surface area contributed by atoms with E-state index in [0.717, 1.165) is 46.3 Å². The summed E-state index contributed by atoms with van der Waals surface area (Å²) in [5.41, 5.74) is 6.11. The first-order valence-corrected chi connectivity index (χ1v) is 13.4. The van der Waals surface area contributed by atoms with Gasteiger partial charge in [0, 0.05) is 25.2 Å². The number of fused-ring (bicyclic) bond motifs is 1. The highest BCUT2D eigenvalue weighted by Gasteiger charge is 2.31. The van der Waals surface area contributed by atoms with Crippen LogP contribution < -0.4 is 20.9 Å². The van der Waals surface area contributed by atoms with Crippen LogP contribution in [0.25, 0.3) is 11.1 Å². The summed E-state index contributed by atoms with van der Waals surface area (Å²) < 4.78 is 0. The van der Waals surface area contributed by atoms with Crippen LogP contribution in [0.3, 0.4) is 0 Å². The molecule has 38 heavy (non-hydrogen) atoms. The number of urea groups is 1. The molecule has 7 nitrogen and oxygen atoms in total. The lowest BCUT2D eigenvalue weighted by molar-refractivity contribution is -0.127. The predicted octanol–water partition coefficient (Wildman–Crippen LogP) is 4.94. The van der Waals surface area contributed by atoms with E-state index < -0.39 is 6.04 Å². The normalized spacial score (nSPS) is 14.8. The zero-order valence-corrected chi connectivity index (χ0v) is 22.1. The van der Waals surface area contributed by atoms with Crippen LogP contribution in [0.15, 0.2) is 72.8 Å². The largest absolute Gasteiger partial charge is 0.344 e. The molecule has 0 spiro atoms. The number of nitrogens with zero attached hydrogens (tertiary/aromatic N) is 1.